The van der Waals surface area contributed by atoms with Crippen LogP contribution in [0.5, 0.6) is 5.75 Å². The van der Waals surface area contributed by atoms with E-state index in [0.29, 0.717) is 52.2 Å². The Hall–Kier alpha value is -3.81. The predicted molar refractivity (Wildman–Crippen MR) is 152 cm³/mol. The van der Waals surface area contributed by atoms with E-state index in [9.17, 15) is 15.0 Å². The molecule has 4 nitrogen and oxygen atoms in total. The van der Waals surface area contributed by atoms with E-state index in [1.807, 2.05) is 54.6 Å². The molecule has 4 aromatic rings. The standard InChI is InChI=1S/C35H32O4/c1-34-18-15-26-25-14-12-24(36)21-23(25)11-13-27(26)30(34)17-20-35(34,38)19-16-29-32(37)28-9-5-6-10-31(28)39-33(29)22-7-3-2-4-8-22/h2-10,12,14,21,26-27,30,36,38H,11,13,15,17-18,20H2,1H3. The molecule has 0 aliphatic heterocycles. The highest BCUT2D eigenvalue weighted by atomic mass is 16.3. The van der Waals surface area contributed by atoms with Crippen LogP contribution in [0.3, 0.4) is 0 Å². The Labute approximate surface area is 228 Å². The van der Waals surface area contributed by atoms with Crippen molar-refractivity contribution in [3.8, 4) is 28.9 Å². The van der Waals surface area contributed by atoms with Gasteiger partial charge in [0.2, 0.25) is 5.43 Å². The molecule has 5 atom stereocenters. The zero-order valence-corrected chi connectivity index (χ0v) is 22.1. The van der Waals surface area contributed by atoms with Crippen molar-refractivity contribution in [3.05, 3.63) is 99.7 Å². The molecule has 5 unspecified atom stereocenters. The summed E-state index contributed by atoms with van der Waals surface area (Å²) in [5.41, 5.74) is 2.58. The molecule has 196 valence electrons. The van der Waals surface area contributed by atoms with Crippen molar-refractivity contribution in [2.24, 2.45) is 17.3 Å². The molecule has 0 radical (unpaired) electrons. The first-order valence-corrected chi connectivity index (χ1v) is 14.1. The fourth-order valence-electron chi connectivity index (χ4n) is 8.00. The summed E-state index contributed by atoms with van der Waals surface area (Å²) in [5.74, 6) is 8.53. The zero-order chi connectivity index (χ0) is 26.8. The average molecular weight is 517 g/mol. The maximum atomic E-state index is 13.7. The SMILES string of the molecule is CC12CCC3c4ccc(O)cc4CCC3C1CCC2(O)C#Cc1c(-c2ccccc2)oc2ccccc2c1=O. The zero-order valence-electron chi connectivity index (χ0n) is 22.1. The summed E-state index contributed by atoms with van der Waals surface area (Å²) in [7, 11) is 0. The summed E-state index contributed by atoms with van der Waals surface area (Å²) in [6, 6.07) is 22.7. The number of aryl methyl sites for hydroxylation is 1. The van der Waals surface area contributed by atoms with Crippen molar-refractivity contribution < 1.29 is 14.6 Å². The van der Waals surface area contributed by atoms with Gasteiger partial charge in [-0.2, -0.15) is 0 Å². The summed E-state index contributed by atoms with van der Waals surface area (Å²) in [5, 5.41) is 22.6. The van der Waals surface area contributed by atoms with Crippen LogP contribution in [0.2, 0.25) is 0 Å². The molecule has 4 heteroatoms. The third-order valence-corrected chi connectivity index (χ3v) is 10.1. The van der Waals surface area contributed by atoms with Crippen LogP contribution >= 0.6 is 0 Å². The van der Waals surface area contributed by atoms with Gasteiger partial charge in [0, 0.05) is 11.0 Å². The van der Waals surface area contributed by atoms with E-state index in [1.165, 1.54) is 11.1 Å². The van der Waals surface area contributed by atoms with Crippen molar-refractivity contribution >= 4 is 11.0 Å². The number of rotatable bonds is 1. The van der Waals surface area contributed by atoms with Crippen LogP contribution in [-0.4, -0.2) is 15.8 Å². The Kier molecular flexibility index (Phi) is 5.51. The fraction of sp³-hybridized carbons (Fsp3) is 0.343. The largest absolute Gasteiger partial charge is 0.508 e. The van der Waals surface area contributed by atoms with Crippen molar-refractivity contribution in [1.29, 1.82) is 0 Å². The highest BCUT2D eigenvalue weighted by molar-refractivity contribution is 5.82. The molecule has 0 saturated heterocycles. The molecule has 3 aliphatic carbocycles. The van der Waals surface area contributed by atoms with Gasteiger partial charge in [0.1, 0.15) is 22.5 Å². The smallest absolute Gasteiger partial charge is 0.208 e. The highest BCUT2D eigenvalue weighted by Crippen LogP contribution is 2.64. The average Bonchev–Trinajstić information content (AvgIpc) is 3.23. The lowest BCUT2D eigenvalue weighted by Crippen LogP contribution is -2.50. The number of hydrogen-bond acceptors (Lipinski definition) is 4. The van der Waals surface area contributed by atoms with Crippen molar-refractivity contribution in [2.45, 2.75) is 57.0 Å². The van der Waals surface area contributed by atoms with Gasteiger partial charge < -0.3 is 14.6 Å². The maximum Gasteiger partial charge on any atom is 0.208 e. The first kappa shape index (κ1) is 24.2. The van der Waals surface area contributed by atoms with E-state index in [1.54, 1.807) is 12.1 Å². The van der Waals surface area contributed by atoms with Gasteiger partial charge in [-0.3, -0.25) is 4.79 Å². The molecule has 0 amide bonds. The molecule has 2 fully saturated rings. The molecule has 3 aromatic carbocycles. The molecule has 2 saturated carbocycles. The molecule has 7 rings (SSSR count). The Bertz CT molecular complexity index is 1710. The Balaban J connectivity index is 1.29. The first-order valence-electron chi connectivity index (χ1n) is 14.1. The quantitative estimate of drug-likeness (QED) is 0.273. The summed E-state index contributed by atoms with van der Waals surface area (Å²) in [4.78, 5) is 13.7. The minimum Gasteiger partial charge on any atom is -0.508 e. The van der Waals surface area contributed by atoms with Crippen LogP contribution in [0.15, 0.2) is 82.0 Å². The van der Waals surface area contributed by atoms with Crippen molar-refractivity contribution in [1.82, 2.24) is 0 Å². The van der Waals surface area contributed by atoms with Gasteiger partial charge in [-0.1, -0.05) is 67.3 Å². The number of fused-ring (bicyclic) bond motifs is 6. The van der Waals surface area contributed by atoms with Crippen LogP contribution in [0.4, 0.5) is 0 Å². The van der Waals surface area contributed by atoms with Gasteiger partial charge >= 0.3 is 0 Å². The number of phenols is 1. The van der Waals surface area contributed by atoms with E-state index in [0.717, 1.165) is 37.7 Å². The molecule has 3 aliphatic rings. The summed E-state index contributed by atoms with van der Waals surface area (Å²) < 4.78 is 6.25. The second-order valence-electron chi connectivity index (χ2n) is 11.9. The van der Waals surface area contributed by atoms with Crippen molar-refractivity contribution in [3.63, 3.8) is 0 Å². The highest BCUT2D eigenvalue weighted by Gasteiger charge is 2.61. The number of aliphatic hydroxyl groups is 1. The second kappa shape index (κ2) is 8.86. The van der Waals surface area contributed by atoms with Crippen LogP contribution < -0.4 is 5.43 Å². The van der Waals surface area contributed by atoms with Gasteiger partial charge in [-0.05, 0) is 91.7 Å². The molecular formula is C35H32O4. The normalized spacial score (nSPS) is 29.1. The van der Waals surface area contributed by atoms with Crippen LogP contribution in [0.25, 0.3) is 22.3 Å². The molecule has 39 heavy (non-hydrogen) atoms. The third-order valence-electron chi connectivity index (χ3n) is 10.1. The Morgan fingerprint density at radius 3 is 2.59 bits per heavy atom. The Morgan fingerprint density at radius 1 is 0.949 bits per heavy atom. The molecule has 0 spiro atoms. The van der Waals surface area contributed by atoms with E-state index in [2.05, 4.69) is 24.8 Å². The number of aromatic hydroxyl groups is 1. The number of benzene rings is 3. The van der Waals surface area contributed by atoms with E-state index in [4.69, 9.17) is 4.42 Å². The molecule has 0 bridgehead atoms. The van der Waals surface area contributed by atoms with Gasteiger partial charge in [-0.25, -0.2) is 0 Å². The Morgan fingerprint density at radius 2 is 1.74 bits per heavy atom. The monoisotopic (exact) mass is 516 g/mol. The van der Waals surface area contributed by atoms with E-state index in [-0.39, 0.29) is 10.8 Å². The minimum atomic E-state index is -1.18. The van der Waals surface area contributed by atoms with Gasteiger partial charge in [0.25, 0.3) is 0 Å². The van der Waals surface area contributed by atoms with Crippen LogP contribution in [0.1, 0.15) is 61.6 Å². The predicted octanol–water partition coefficient (Wildman–Crippen LogP) is 6.80. The number of phenolic OH excluding ortho intramolecular Hbond substituents is 1. The molecule has 2 N–H and O–H groups in total. The lowest BCUT2D eigenvalue weighted by Gasteiger charge is -2.52. The number of para-hydroxylation sites is 1. The molecule has 1 aromatic heterocycles. The summed E-state index contributed by atoms with van der Waals surface area (Å²) >= 11 is 0. The van der Waals surface area contributed by atoms with Crippen molar-refractivity contribution in [2.75, 3.05) is 0 Å². The molecule has 1 heterocycles. The van der Waals surface area contributed by atoms with Gasteiger partial charge in [0.15, 0.2) is 5.76 Å². The minimum absolute atomic E-state index is 0.164. The summed E-state index contributed by atoms with van der Waals surface area (Å²) in [6.07, 6.45) is 5.42. The van der Waals surface area contributed by atoms with E-state index >= 15 is 0 Å². The fourth-order valence-corrected chi connectivity index (χ4v) is 8.00. The first-order chi connectivity index (χ1) is 18.9. The summed E-state index contributed by atoms with van der Waals surface area (Å²) in [6.45, 7) is 2.21. The second-order valence-corrected chi connectivity index (χ2v) is 11.9. The number of hydrogen-bond donors (Lipinski definition) is 2. The maximum absolute atomic E-state index is 13.7. The lowest BCUT2D eigenvalue weighted by atomic mass is 9.53. The van der Waals surface area contributed by atoms with E-state index < -0.39 is 5.60 Å². The third kappa shape index (κ3) is 3.67. The van der Waals surface area contributed by atoms with Crippen LogP contribution in [-0.2, 0) is 6.42 Å². The lowest BCUT2D eigenvalue weighted by molar-refractivity contribution is -0.0647. The topological polar surface area (TPSA) is 70.7 Å². The molecular weight excluding hydrogens is 484 g/mol. The van der Waals surface area contributed by atoms with Gasteiger partial charge in [-0.15, -0.1) is 0 Å². The van der Waals surface area contributed by atoms with Crippen LogP contribution in [0, 0.1) is 29.1 Å². The van der Waals surface area contributed by atoms with Gasteiger partial charge in [0.05, 0.1) is 5.39 Å².